The van der Waals surface area contributed by atoms with E-state index < -0.39 is 17.9 Å². The van der Waals surface area contributed by atoms with Gasteiger partial charge in [-0.15, -0.1) is 0 Å². The number of nitrogens with zero attached hydrogens (tertiary/aromatic N) is 4. The van der Waals surface area contributed by atoms with Crippen LogP contribution in [0.1, 0.15) is 54.2 Å². The van der Waals surface area contributed by atoms with Crippen molar-refractivity contribution < 1.29 is 23.5 Å². The molecule has 0 bridgehead atoms. The quantitative estimate of drug-likeness (QED) is 0.316. The van der Waals surface area contributed by atoms with Crippen LogP contribution in [0.3, 0.4) is 0 Å². The molecule has 2 N–H and O–H groups in total. The van der Waals surface area contributed by atoms with E-state index in [1.807, 2.05) is 31.1 Å². The SMILES string of the molecule is C[C@H](C(=O)N[C@H](C)c1cc(F)cc(OCCN(C)C)c1)N1Cc2ccc(-c3nc(NC4CCOCC4)ncc3Cl)cc2C1=O. The number of amides is 2. The summed E-state index contributed by atoms with van der Waals surface area (Å²) >= 11 is 6.48. The molecule has 3 heterocycles. The first kappa shape index (κ1) is 31.6. The molecule has 0 spiro atoms. The molecule has 10 nitrogen and oxygen atoms in total. The minimum absolute atomic E-state index is 0.215. The van der Waals surface area contributed by atoms with Crippen molar-refractivity contribution >= 4 is 29.4 Å². The number of halogens is 2. The molecule has 2 aromatic carbocycles. The maximum atomic E-state index is 14.3. The summed E-state index contributed by atoms with van der Waals surface area (Å²) in [6, 6.07) is 8.86. The average Bonchev–Trinajstić information content (AvgIpc) is 3.33. The second-order valence-electron chi connectivity index (χ2n) is 11.5. The van der Waals surface area contributed by atoms with E-state index >= 15 is 0 Å². The Hall–Kier alpha value is -3.80. The maximum absolute atomic E-state index is 14.3. The zero-order chi connectivity index (χ0) is 31.4. The summed E-state index contributed by atoms with van der Waals surface area (Å²) in [6.07, 6.45) is 3.28. The average molecular weight is 625 g/mol. The third kappa shape index (κ3) is 7.46. The number of hydrogen-bond acceptors (Lipinski definition) is 8. The van der Waals surface area contributed by atoms with Crippen molar-refractivity contribution in [2.75, 3.05) is 45.8 Å². The van der Waals surface area contributed by atoms with Crippen LogP contribution in [0.4, 0.5) is 10.3 Å². The molecule has 1 saturated heterocycles. The highest BCUT2D eigenvalue weighted by molar-refractivity contribution is 6.33. The third-order valence-electron chi connectivity index (χ3n) is 7.92. The van der Waals surface area contributed by atoms with E-state index in [0.717, 1.165) is 18.4 Å². The molecule has 5 rings (SSSR count). The normalized spacial score (nSPS) is 16.5. The van der Waals surface area contributed by atoms with E-state index in [4.69, 9.17) is 21.1 Å². The Bertz CT molecular complexity index is 1520. The Morgan fingerprint density at radius 2 is 1.98 bits per heavy atom. The lowest BCUT2D eigenvalue weighted by Gasteiger charge is -2.25. The van der Waals surface area contributed by atoms with Crippen LogP contribution in [0.5, 0.6) is 5.75 Å². The predicted molar refractivity (Wildman–Crippen MR) is 166 cm³/mol. The lowest BCUT2D eigenvalue weighted by molar-refractivity contribution is -0.125. The number of nitrogens with one attached hydrogen (secondary N) is 2. The molecule has 12 heteroatoms. The largest absolute Gasteiger partial charge is 0.492 e. The summed E-state index contributed by atoms with van der Waals surface area (Å²) in [5.41, 5.74) is 3.07. The van der Waals surface area contributed by atoms with Crippen molar-refractivity contribution in [1.29, 1.82) is 0 Å². The molecule has 0 unspecified atom stereocenters. The second-order valence-corrected chi connectivity index (χ2v) is 11.9. The van der Waals surface area contributed by atoms with Crippen LogP contribution in [0.15, 0.2) is 42.6 Å². The van der Waals surface area contributed by atoms with Gasteiger partial charge in [0.1, 0.15) is 24.2 Å². The number of likely N-dealkylation sites (N-methyl/N-ethyl adjacent to an activating group) is 1. The lowest BCUT2D eigenvalue weighted by atomic mass is 10.0. The summed E-state index contributed by atoms with van der Waals surface area (Å²) in [5.74, 6) is -0.194. The van der Waals surface area contributed by atoms with Gasteiger partial charge >= 0.3 is 0 Å². The molecule has 1 aromatic heterocycles. The fourth-order valence-corrected chi connectivity index (χ4v) is 5.47. The van der Waals surface area contributed by atoms with Gasteiger partial charge in [-0.2, -0.15) is 0 Å². The number of carbonyl (C=O) groups is 2. The first-order valence-electron chi connectivity index (χ1n) is 14.8. The minimum atomic E-state index is -0.761. The first-order chi connectivity index (χ1) is 21.1. The highest BCUT2D eigenvalue weighted by Crippen LogP contribution is 2.33. The van der Waals surface area contributed by atoms with Gasteiger partial charge in [0.05, 0.1) is 23.0 Å². The van der Waals surface area contributed by atoms with Gasteiger partial charge in [-0.1, -0.05) is 23.7 Å². The molecule has 2 aliphatic heterocycles. The van der Waals surface area contributed by atoms with Crippen LogP contribution in [-0.4, -0.2) is 84.1 Å². The van der Waals surface area contributed by atoms with Crippen LogP contribution in [-0.2, 0) is 16.1 Å². The fraction of sp³-hybridized carbons (Fsp3) is 0.438. The smallest absolute Gasteiger partial charge is 0.255 e. The Morgan fingerprint density at radius 1 is 1.20 bits per heavy atom. The molecular formula is C32H38ClFN6O4. The van der Waals surface area contributed by atoms with Crippen LogP contribution in [0, 0.1) is 5.82 Å². The van der Waals surface area contributed by atoms with E-state index in [0.29, 0.717) is 65.5 Å². The van der Waals surface area contributed by atoms with E-state index in [9.17, 15) is 14.0 Å². The number of anilines is 1. The van der Waals surface area contributed by atoms with Gasteiger partial charge in [0, 0.05) is 49.5 Å². The number of carbonyl (C=O) groups excluding carboxylic acids is 2. The summed E-state index contributed by atoms with van der Waals surface area (Å²) in [7, 11) is 3.86. The Kier molecular flexibility index (Phi) is 9.97. The molecule has 2 amide bonds. The number of rotatable bonds is 11. The molecule has 44 heavy (non-hydrogen) atoms. The van der Waals surface area contributed by atoms with Crippen LogP contribution < -0.4 is 15.4 Å². The standard InChI is InChI=1S/C32H38ClFN6O4/c1-19(23-13-24(34)16-26(14-23)44-12-9-39(3)4)36-30(41)20(2)40-18-22-6-5-21(15-27(22)31(40)42)29-28(33)17-35-32(38-29)37-25-7-10-43-11-8-25/h5-6,13-17,19-20,25H,7-12,18H2,1-4H3,(H,36,41)(H,35,37,38)/t19-,20-/m1/s1. The highest BCUT2D eigenvalue weighted by Gasteiger charge is 2.35. The van der Waals surface area contributed by atoms with Crippen molar-refractivity contribution in [2.24, 2.45) is 0 Å². The van der Waals surface area contributed by atoms with Crippen LogP contribution in [0.25, 0.3) is 11.3 Å². The lowest BCUT2D eigenvalue weighted by Crippen LogP contribution is -2.45. The van der Waals surface area contributed by atoms with Crippen LogP contribution >= 0.6 is 11.6 Å². The van der Waals surface area contributed by atoms with Crippen molar-refractivity contribution in [2.45, 2.75) is 51.4 Å². The van der Waals surface area contributed by atoms with Gasteiger partial charge in [-0.3, -0.25) is 9.59 Å². The molecule has 2 atom stereocenters. The number of fused-ring (bicyclic) bond motifs is 1. The van der Waals surface area contributed by atoms with Gasteiger partial charge in [0.15, 0.2) is 0 Å². The first-order valence-corrected chi connectivity index (χ1v) is 15.2. The molecule has 234 valence electrons. The van der Waals surface area contributed by atoms with Gasteiger partial charge < -0.3 is 29.9 Å². The van der Waals surface area contributed by atoms with E-state index in [2.05, 4.69) is 20.6 Å². The highest BCUT2D eigenvalue weighted by atomic mass is 35.5. The molecule has 0 saturated carbocycles. The molecule has 0 radical (unpaired) electrons. The Morgan fingerprint density at radius 3 is 2.73 bits per heavy atom. The fourth-order valence-electron chi connectivity index (χ4n) is 5.27. The zero-order valence-corrected chi connectivity index (χ0v) is 26.2. The molecule has 1 fully saturated rings. The van der Waals surface area contributed by atoms with Gasteiger partial charge in [-0.05, 0) is 70.1 Å². The molecule has 0 aliphatic carbocycles. The van der Waals surface area contributed by atoms with E-state index in [1.54, 1.807) is 32.2 Å². The zero-order valence-electron chi connectivity index (χ0n) is 25.4. The predicted octanol–water partition coefficient (Wildman–Crippen LogP) is 4.69. The maximum Gasteiger partial charge on any atom is 0.255 e. The van der Waals surface area contributed by atoms with Crippen LogP contribution in [0.2, 0.25) is 5.02 Å². The number of aromatic nitrogens is 2. The summed E-state index contributed by atoms with van der Waals surface area (Å²) < 4.78 is 25.5. The van der Waals surface area contributed by atoms with Crippen molar-refractivity contribution in [3.8, 4) is 17.0 Å². The summed E-state index contributed by atoms with van der Waals surface area (Å²) in [4.78, 5) is 39.3. The number of benzene rings is 2. The molecule has 3 aromatic rings. The van der Waals surface area contributed by atoms with Crippen molar-refractivity contribution in [3.05, 3.63) is 70.1 Å². The van der Waals surface area contributed by atoms with Gasteiger partial charge in [0.25, 0.3) is 5.91 Å². The monoisotopic (exact) mass is 624 g/mol. The van der Waals surface area contributed by atoms with Gasteiger partial charge in [-0.25, -0.2) is 14.4 Å². The van der Waals surface area contributed by atoms with Crippen molar-refractivity contribution in [3.63, 3.8) is 0 Å². The topological polar surface area (TPSA) is 109 Å². The third-order valence-corrected chi connectivity index (χ3v) is 8.20. The van der Waals surface area contributed by atoms with Crippen molar-refractivity contribution in [1.82, 2.24) is 25.1 Å². The number of hydrogen-bond donors (Lipinski definition) is 2. The molecular weight excluding hydrogens is 587 g/mol. The summed E-state index contributed by atoms with van der Waals surface area (Å²) in [6.45, 7) is 6.21. The van der Waals surface area contributed by atoms with Gasteiger partial charge in [0.2, 0.25) is 11.9 Å². The Balaban J connectivity index is 1.25. The Labute approximate surface area is 261 Å². The molecule has 2 aliphatic rings. The summed E-state index contributed by atoms with van der Waals surface area (Å²) in [5, 5.41) is 6.64. The number of ether oxygens (including phenoxy) is 2. The second kappa shape index (κ2) is 13.9. The van der Waals surface area contributed by atoms with E-state index in [1.165, 1.54) is 17.0 Å². The minimum Gasteiger partial charge on any atom is -0.492 e. The van der Waals surface area contributed by atoms with E-state index in [-0.39, 0.29) is 24.4 Å².